The summed E-state index contributed by atoms with van der Waals surface area (Å²) in [6, 6.07) is 0. The average Bonchev–Trinajstić information content (AvgIpc) is 2.76. The molecule has 0 radical (unpaired) electrons. The smallest absolute Gasteiger partial charge is 0.161 e. The van der Waals surface area contributed by atoms with Crippen LogP contribution < -0.4 is 0 Å². The minimum atomic E-state index is -0.283. The van der Waals surface area contributed by atoms with Crippen molar-refractivity contribution in [3.8, 4) is 0 Å². The fourth-order valence-electron chi connectivity index (χ4n) is 6.25. The lowest BCUT2D eigenvalue weighted by Crippen LogP contribution is -2.56. The van der Waals surface area contributed by atoms with E-state index < -0.39 is 0 Å². The number of rotatable bonds is 0. The molecule has 0 N–H and O–H groups in total. The summed E-state index contributed by atoms with van der Waals surface area (Å²) < 4.78 is 0. The monoisotopic (exact) mass is 286 g/mol. The van der Waals surface area contributed by atoms with Crippen molar-refractivity contribution in [3.63, 3.8) is 0 Å². The molecule has 0 bridgehead atoms. The molecule has 4 aliphatic rings. The molecule has 3 fully saturated rings. The van der Waals surface area contributed by atoms with E-state index in [1.165, 1.54) is 25.7 Å². The zero-order chi connectivity index (χ0) is 14.8. The third-order valence-corrected chi connectivity index (χ3v) is 7.67. The molecule has 1 unspecified atom stereocenters. The molecule has 3 saturated carbocycles. The van der Waals surface area contributed by atoms with E-state index in [0.717, 1.165) is 19.3 Å². The molecular formula is C19H26O2. The van der Waals surface area contributed by atoms with E-state index in [1.807, 2.05) is 0 Å². The first-order valence-corrected chi connectivity index (χ1v) is 8.72. The Morgan fingerprint density at radius 2 is 1.90 bits per heavy atom. The lowest BCUT2D eigenvalue weighted by atomic mass is 9.45. The van der Waals surface area contributed by atoms with E-state index in [1.54, 1.807) is 6.08 Å². The van der Waals surface area contributed by atoms with E-state index in [4.69, 9.17) is 0 Å². The van der Waals surface area contributed by atoms with Gasteiger partial charge < -0.3 is 0 Å². The molecule has 0 aromatic carbocycles. The molecule has 0 spiro atoms. The summed E-state index contributed by atoms with van der Waals surface area (Å²) in [5.41, 5.74) is 0.0618. The maximum absolute atomic E-state index is 12.9. The van der Waals surface area contributed by atoms with E-state index >= 15 is 0 Å². The lowest BCUT2D eigenvalue weighted by molar-refractivity contribution is -0.154. The zero-order valence-corrected chi connectivity index (χ0v) is 13.2. The van der Waals surface area contributed by atoms with Gasteiger partial charge in [-0.25, -0.2) is 0 Å². The SMILES string of the molecule is C[C@]12CCCCC1CC(=O)[C@@H]1[C@@H]2CC[C@]2(C)C(=O)C=C[C@@H]12. The van der Waals surface area contributed by atoms with Crippen LogP contribution in [0, 0.1) is 34.5 Å². The summed E-state index contributed by atoms with van der Waals surface area (Å²) in [6.45, 7) is 4.54. The van der Waals surface area contributed by atoms with Crippen molar-refractivity contribution < 1.29 is 9.59 Å². The summed E-state index contributed by atoms with van der Waals surface area (Å²) in [5, 5.41) is 0. The number of hydrogen-bond donors (Lipinski definition) is 0. The number of fused-ring (bicyclic) bond motifs is 5. The highest BCUT2D eigenvalue weighted by Crippen LogP contribution is 2.63. The number of carbonyl (C=O) groups excluding carboxylic acids is 2. The van der Waals surface area contributed by atoms with Crippen LogP contribution in [0.1, 0.15) is 58.8 Å². The Morgan fingerprint density at radius 3 is 2.71 bits per heavy atom. The fraction of sp³-hybridized carbons (Fsp3) is 0.789. The molecule has 0 saturated heterocycles. The lowest BCUT2D eigenvalue weighted by Gasteiger charge is -2.58. The predicted molar refractivity (Wildman–Crippen MR) is 81.6 cm³/mol. The van der Waals surface area contributed by atoms with Crippen LogP contribution in [-0.2, 0) is 9.59 Å². The van der Waals surface area contributed by atoms with Crippen molar-refractivity contribution in [3.05, 3.63) is 12.2 Å². The summed E-state index contributed by atoms with van der Waals surface area (Å²) in [5.74, 6) is 2.12. The fourth-order valence-corrected chi connectivity index (χ4v) is 6.25. The van der Waals surface area contributed by atoms with Gasteiger partial charge in [0, 0.05) is 17.8 Å². The van der Waals surface area contributed by atoms with Crippen molar-refractivity contribution in [1.29, 1.82) is 0 Å². The largest absolute Gasteiger partial charge is 0.299 e. The molecule has 0 heterocycles. The third kappa shape index (κ3) is 1.65. The van der Waals surface area contributed by atoms with Crippen LogP contribution in [0.3, 0.4) is 0 Å². The molecule has 4 aliphatic carbocycles. The van der Waals surface area contributed by atoms with Crippen LogP contribution in [0.15, 0.2) is 12.2 Å². The van der Waals surface area contributed by atoms with Crippen LogP contribution in [0.2, 0.25) is 0 Å². The topological polar surface area (TPSA) is 34.1 Å². The normalized spacial score (nSPS) is 52.3. The summed E-state index contributed by atoms with van der Waals surface area (Å²) in [7, 11) is 0. The van der Waals surface area contributed by atoms with Crippen LogP contribution >= 0.6 is 0 Å². The van der Waals surface area contributed by atoms with Gasteiger partial charge in [0.2, 0.25) is 0 Å². The maximum Gasteiger partial charge on any atom is 0.161 e. The van der Waals surface area contributed by atoms with Crippen molar-refractivity contribution in [2.75, 3.05) is 0 Å². The summed E-state index contributed by atoms with van der Waals surface area (Å²) in [6.07, 6.45) is 11.8. The minimum absolute atomic E-state index is 0.116. The Balaban J connectivity index is 1.74. The minimum Gasteiger partial charge on any atom is -0.299 e. The first-order valence-electron chi connectivity index (χ1n) is 8.72. The summed E-state index contributed by atoms with van der Waals surface area (Å²) >= 11 is 0. The van der Waals surface area contributed by atoms with Crippen LogP contribution in [0.5, 0.6) is 0 Å². The second kappa shape index (κ2) is 4.30. The van der Waals surface area contributed by atoms with E-state index in [9.17, 15) is 9.59 Å². The van der Waals surface area contributed by atoms with Crippen molar-refractivity contribution in [1.82, 2.24) is 0 Å². The number of Topliss-reactive ketones (excluding diaryl/α,β-unsaturated/α-hetero) is 1. The molecule has 6 atom stereocenters. The Kier molecular flexibility index (Phi) is 2.81. The van der Waals surface area contributed by atoms with E-state index in [2.05, 4.69) is 19.9 Å². The van der Waals surface area contributed by atoms with Gasteiger partial charge in [0.25, 0.3) is 0 Å². The highest BCUT2D eigenvalue weighted by molar-refractivity contribution is 5.99. The standard InChI is InChI=1S/C19H26O2/c1-18-9-4-3-5-12(18)11-15(20)17-13-6-7-16(21)19(13,2)10-8-14(17)18/h6-7,12-14,17H,3-5,8-11H2,1-2H3/t12?,13-,14-,17-,18-,19-/m0/s1. The highest BCUT2D eigenvalue weighted by atomic mass is 16.1. The average molecular weight is 286 g/mol. The van der Waals surface area contributed by atoms with Gasteiger partial charge in [0.1, 0.15) is 5.78 Å². The molecule has 0 aromatic heterocycles. The predicted octanol–water partition coefficient (Wildman–Crippen LogP) is 3.94. The van der Waals surface area contributed by atoms with E-state index in [-0.39, 0.29) is 23.0 Å². The molecule has 21 heavy (non-hydrogen) atoms. The van der Waals surface area contributed by atoms with Gasteiger partial charge in [-0.15, -0.1) is 0 Å². The Hall–Kier alpha value is -0.920. The van der Waals surface area contributed by atoms with Crippen LogP contribution in [0.25, 0.3) is 0 Å². The molecule has 0 amide bonds. The molecular weight excluding hydrogens is 260 g/mol. The van der Waals surface area contributed by atoms with Crippen molar-refractivity contribution in [2.24, 2.45) is 34.5 Å². The molecule has 2 heteroatoms. The second-order valence-electron chi connectivity index (χ2n) is 8.46. The first-order chi connectivity index (χ1) is 9.97. The van der Waals surface area contributed by atoms with Gasteiger partial charge >= 0.3 is 0 Å². The Bertz CT molecular complexity index is 534. The number of hydrogen-bond acceptors (Lipinski definition) is 2. The van der Waals surface area contributed by atoms with E-state index in [0.29, 0.717) is 23.0 Å². The van der Waals surface area contributed by atoms with Gasteiger partial charge in [0.15, 0.2) is 5.78 Å². The second-order valence-corrected chi connectivity index (χ2v) is 8.46. The van der Waals surface area contributed by atoms with Gasteiger partial charge in [-0.2, -0.15) is 0 Å². The van der Waals surface area contributed by atoms with Gasteiger partial charge in [0.05, 0.1) is 0 Å². The van der Waals surface area contributed by atoms with Crippen molar-refractivity contribution >= 4 is 11.6 Å². The number of ketones is 2. The first kappa shape index (κ1) is 13.7. The molecule has 114 valence electrons. The number of allylic oxidation sites excluding steroid dienone is 2. The quantitative estimate of drug-likeness (QED) is 0.676. The Labute approximate surface area is 127 Å². The van der Waals surface area contributed by atoms with Gasteiger partial charge in [-0.1, -0.05) is 32.8 Å². The van der Waals surface area contributed by atoms with Gasteiger partial charge in [-0.3, -0.25) is 9.59 Å². The number of carbonyl (C=O) groups is 2. The van der Waals surface area contributed by atoms with Gasteiger partial charge in [-0.05, 0) is 54.9 Å². The zero-order valence-electron chi connectivity index (χ0n) is 13.2. The van der Waals surface area contributed by atoms with Crippen molar-refractivity contribution in [2.45, 2.75) is 58.8 Å². The Morgan fingerprint density at radius 1 is 1.10 bits per heavy atom. The molecule has 2 nitrogen and oxygen atoms in total. The summed E-state index contributed by atoms with van der Waals surface area (Å²) in [4.78, 5) is 25.1. The third-order valence-electron chi connectivity index (χ3n) is 7.67. The maximum atomic E-state index is 12.9. The molecule has 4 rings (SSSR count). The molecule has 0 aliphatic heterocycles. The van der Waals surface area contributed by atoms with Crippen LogP contribution in [0.4, 0.5) is 0 Å². The van der Waals surface area contributed by atoms with Crippen LogP contribution in [-0.4, -0.2) is 11.6 Å². The molecule has 0 aromatic rings. The highest BCUT2D eigenvalue weighted by Gasteiger charge is 2.61.